The van der Waals surface area contributed by atoms with Crippen LogP contribution in [-0.4, -0.2) is 9.61 Å². The van der Waals surface area contributed by atoms with Crippen molar-refractivity contribution in [3.8, 4) is 67.0 Å². The summed E-state index contributed by atoms with van der Waals surface area (Å²) in [6.45, 7) is 0. The summed E-state index contributed by atoms with van der Waals surface area (Å²) in [4.78, 5) is 2.49. The van der Waals surface area contributed by atoms with Crippen LogP contribution in [0.3, 0.4) is 0 Å². The predicted molar refractivity (Wildman–Crippen MR) is 285 cm³/mol. The fourth-order valence-corrected chi connectivity index (χ4v) is 11.7. The number of fused-ring (bicyclic) bond motifs is 13. The SMILES string of the molecule is c1ccc(-c2ccc(N(c3ccc4cc(-c5ccccc5)n5nc(-c6ccccc6)c(-c6ccccc6)c5c4c3)c3cccc4c3-c3ccccc3C43c4ccccc4-c4ccccc43)cc2)cc1. The Labute approximate surface area is 401 Å². The Kier molecular flexibility index (Phi) is 8.80. The number of anilines is 3. The van der Waals surface area contributed by atoms with E-state index < -0.39 is 5.41 Å². The fourth-order valence-electron chi connectivity index (χ4n) is 11.7. The van der Waals surface area contributed by atoms with Crippen LogP contribution in [-0.2, 0) is 5.41 Å². The third kappa shape index (κ3) is 5.84. The van der Waals surface area contributed by atoms with Crippen LogP contribution >= 0.6 is 0 Å². The second-order valence-electron chi connectivity index (χ2n) is 18.2. The molecule has 2 aliphatic rings. The summed E-state index contributed by atoms with van der Waals surface area (Å²) >= 11 is 0. The van der Waals surface area contributed by atoms with E-state index in [4.69, 9.17) is 5.10 Å². The average molecular weight is 878 g/mol. The van der Waals surface area contributed by atoms with Crippen LogP contribution in [0, 0.1) is 0 Å². The molecule has 0 unspecified atom stereocenters. The molecule has 0 aliphatic heterocycles. The molecule has 0 N–H and O–H groups in total. The van der Waals surface area contributed by atoms with E-state index in [2.05, 4.69) is 270 Å². The maximum absolute atomic E-state index is 5.57. The van der Waals surface area contributed by atoms with Gasteiger partial charge in [0.1, 0.15) is 5.69 Å². The highest BCUT2D eigenvalue weighted by atomic mass is 15.2. The molecule has 10 aromatic carbocycles. The first kappa shape index (κ1) is 39.1. The van der Waals surface area contributed by atoms with Crippen molar-refractivity contribution in [1.82, 2.24) is 9.61 Å². The molecule has 2 aliphatic carbocycles. The molecular weight excluding hydrogens is 835 g/mol. The van der Waals surface area contributed by atoms with Gasteiger partial charge >= 0.3 is 0 Å². The zero-order valence-electron chi connectivity index (χ0n) is 37.7. The molecule has 322 valence electrons. The molecule has 69 heavy (non-hydrogen) atoms. The van der Waals surface area contributed by atoms with Gasteiger partial charge in [0.15, 0.2) is 0 Å². The molecule has 3 nitrogen and oxygen atoms in total. The minimum Gasteiger partial charge on any atom is -0.310 e. The number of aromatic nitrogens is 2. The number of nitrogens with zero attached hydrogens (tertiary/aromatic N) is 3. The lowest BCUT2D eigenvalue weighted by molar-refractivity contribution is 0.794. The minimum atomic E-state index is -0.475. The first-order chi connectivity index (χ1) is 34.3. The summed E-state index contributed by atoms with van der Waals surface area (Å²) in [7, 11) is 0. The van der Waals surface area contributed by atoms with Crippen molar-refractivity contribution in [1.29, 1.82) is 0 Å². The van der Waals surface area contributed by atoms with E-state index in [1.54, 1.807) is 0 Å². The van der Waals surface area contributed by atoms with E-state index in [-0.39, 0.29) is 0 Å². The molecule has 3 heteroatoms. The van der Waals surface area contributed by atoms with Gasteiger partial charge in [-0.25, -0.2) is 4.52 Å². The van der Waals surface area contributed by atoms with Crippen LogP contribution in [0.4, 0.5) is 17.1 Å². The van der Waals surface area contributed by atoms with Crippen LogP contribution in [0.15, 0.2) is 261 Å². The van der Waals surface area contributed by atoms with Crippen molar-refractivity contribution in [3.05, 3.63) is 283 Å². The van der Waals surface area contributed by atoms with Gasteiger partial charge in [-0.1, -0.05) is 224 Å². The average Bonchev–Trinajstić information content (AvgIpc) is 4.08. The summed E-state index contributed by atoms with van der Waals surface area (Å²) in [5.74, 6) is 0. The zero-order chi connectivity index (χ0) is 45.5. The monoisotopic (exact) mass is 877 g/mol. The van der Waals surface area contributed by atoms with E-state index in [0.29, 0.717) is 0 Å². The summed E-state index contributed by atoms with van der Waals surface area (Å²) in [5, 5.41) is 7.83. The van der Waals surface area contributed by atoms with Gasteiger partial charge in [-0.15, -0.1) is 0 Å². The lowest BCUT2D eigenvalue weighted by atomic mass is 9.70. The van der Waals surface area contributed by atoms with Gasteiger partial charge in [-0.05, 0) is 97.4 Å². The van der Waals surface area contributed by atoms with E-state index in [1.165, 1.54) is 55.6 Å². The number of pyridine rings is 1. The first-order valence-electron chi connectivity index (χ1n) is 23.8. The maximum Gasteiger partial charge on any atom is 0.101 e. The number of hydrogen-bond acceptors (Lipinski definition) is 2. The lowest BCUT2D eigenvalue weighted by Crippen LogP contribution is -2.26. The Morgan fingerprint density at radius 3 is 1.48 bits per heavy atom. The summed E-state index contributed by atoms with van der Waals surface area (Å²) in [6, 6.07) is 95.4. The number of benzene rings is 10. The van der Waals surface area contributed by atoms with Crippen LogP contribution < -0.4 is 4.90 Å². The second kappa shape index (κ2) is 15.5. The molecule has 2 heterocycles. The Bertz CT molecular complexity index is 3890. The molecule has 0 amide bonds. The van der Waals surface area contributed by atoms with Gasteiger partial charge in [0.25, 0.3) is 0 Å². The molecule has 12 aromatic rings. The van der Waals surface area contributed by atoms with Gasteiger partial charge in [0.05, 0.1) is 22.3 Å². The molecule has 0 saturated heterocycles. The topological polar surface area (TPSA) is 20.5 Å². The predicted octanol–water partition coefficient (Wildman–Crippen LogP) is 17.0. The van der Waals surface area contributed by atoms with Gasteiger partial charge in [-0.3, -0.25) is 0 Å². The van der Waals surface area contributed by atoms with Crippen molar-refractivity contribution in [2.75, 3.05) is 4.90 Å². The third-order valence-corrected chi connectivity index (χ3v) is 14.6. The highest BCUT2D eigenvalue weighted by Gasteiger charge is 2.52. The highest BCUT2D eigenvalue weighted by Crippen LogP contribution is 2.64. The molecular formula is C66H43N3. The molecule has 14 rings (SSSR count). The van der Waals surface area contributed by atoms with E-state index in [0.717, 1.165) is 67.0 Å². The Morgan fingerprint density at radius 2 is 0.841 bits per heavy atom. The van der Waals surface area contributed by atoms with Gasteiger partial charge in [-0.2, -0.15) is 5.10 Å². The van der Waals surface area contributed by atoms with E-state index in [1.807, 2.05) is 0 Å². The van der Waals surface area contributed by atoms with Crippen molar-refractivity contribution in [2.24, 2.45) is 0 Å². The second-order valence-corrected chi connectivity index (χ2v) is 18.2. The lowest BCUT2D eigenvalue weighted by Gasteiger charge is -2.32. The Morgan fingerprint density at radius 1 is 0.348 bits per heavy atom. The van der Waals surface area contributed by atoms with Crippen molar-refractivity contribution < 1.29 is 0 Å². The first-order valence-corrected chi connectivity index (χ1v) is 23.8. The van der Waals surface area contributed by atoms with Crippen molar-refractivity contribution >= 4 is 33.4 Å². The maximum atomic E-state index is 5.57. The minimum absolute atomic E-state index is 0.475. The molecule has 2 aromatic heterocycles. The fraction of sp³-hybridized carbons (Fsp3) is 0.0152. The van der Waals surface area contributed by atoms with Crippen LogP contribution in [0.5, 0.6) is 0 Å². The van der Waals surface area contributed by atoms with E-state index >= 15 is 0 Å². The largest absolute Gasteiger partial charge is 0.310 e. The van der Waals surface area contributed by atoms with Crippen molar-refractivity contribution in [3.63, 3.8) is 0 Å². The van der Waals surface area contributed by atoms with Crippen LogP contribution in [0.1, 0.15) is 22.3 Å². The molecule has 0 saturated carbocycles. The van der Waals surface area contributed by atoms with Crippen LogP contribution in [0.2, 0.25) is 0 Å². The van der Waals surface area contributed by atoms with Gasteiger partial charge in [0, 0.05) is 39.0 Å². The molecule has 0 radical (unpaired) electrons. The highest BCUT2D eigenvalue weighted by molar-refractivity contribution is 6.10. The Balaban J connectivity index is 1.07. The summed E-state index contributed by atoms with van der Waals surface area (Å²) < 4.78 is 2.19. The molecule has 0 bridgehead atoms. The normalized spacial score (nSPS) is 12.8. The Hall–Kier alpha value is -9.05. The molecule has 1 spiro atoms. The standard InChI is InChI=1S/C66H43N3/c1-5-20-44(21-6-1)45-36-39-50(40-37-45)68(60-35-19-34-59-63(60)54-30-15-18-33-58(54)66(59)56-31-16-13-28-52(56)53-29-14-17-32-57(53)66)51-41-38-49-42-61(46-22-7-2-8-23-46)69-65(55(49)43-51)62(47-24-9-3-10-25-47)64(67-69)48-26-11-4-12-27-48/h1-43H. The summed E-state index contributed by atoms with van der Waals surface area (Å²) in [5.41, 5.74) is 23.0. The van der Waals surface area contributed by atoms with E-state index in [9.17, 15) is 0 Å². The van der Waals surface area contributed by atoms with Gasteiger partial charge in [0.2, 0.25) is 0 Å². The molecule has 0 atom stereocenters. The molecule has 0 fully saturated rings. The summed E-state index contributed by atoms with van der Waals surface area (Å²) in [6.07, 6.45) is 0. The smallest absolute Gasteiger partial charge is 0.101 e. The third-order valence-electron chi connectivity index (χ3n) is 14.6. The number of rotatable bonds is 7. The van der Waals surface area contributed by atoms with Crippen molar-refractivity contribution in [2.45, 2.75) is 5.41 Å². The quantitative estimate of drug-likeness (QED) is 0.159. The van der Waals surface area contributed by atoms with Gasteiger partial charge < -0.3 is 4.90 Å². The zero-order valence-corrected chi connectivity index (χ0v) is 37.7. The van der Waals surface area contributed by atoms with Crippen LogP contribution in [0.25, 0.3) is 83.3 Å². The number of hydrogen-bond donors (Lipinski definition) is 0.